The summed E-state index contributed by atoms with van der Waals surface area (Å²) in [6.45, 7) is 4.24. The van der Waals surface area contributed by atoms with Crippen molar-refractivity contribution in [2.75, 3.05) is 6.61 Å². The van der Waals surface area contributed by atoms with E-state index >= 15 is 0 Å². The first-order valence-corrected chi connectivity index (χ1v) is 33.3. The topological polar surface area (TPSA) is 89.8 Å². The van der Waals surface area contributed by atoms with Gasteiger partial charge in [0.1, 0.15) is 6.10 Å². The highest BCUT2D eigenvalue weighted by Crippen LogP contribution is 2.20. The zero-order valence-corrected chi connectivity index (χ0v) is 48.9. The van der Waals surface area contributed by atoms with Crippen molar-refractivity contribution in [1.29, 1.82) is 0 Å². The highest BCUT2D eigenvalue weighted by Gasteiger charge is 2.26. The van der Waals surface area contributed by atoms with Crippen molar-refractivity contribution < 1.29 is 20.1 Å². The van der Waals surface area contributed by atoms with Crippen LogP contribution in [0.25, 0.3) is 0 Å². The Hall–Kier alpha value is -0.650. The van der Waals surface area contributed by atoms with Crippen LogP contribution in [0.1, 0.15) is 393 Å². The van der Waals surface area contributed by atoms with E-state index < -0.39 is 18.2 Å². The largest absolute Gasteiger partial charge is 0.394 e. The molecule has 5 nitrogen and oxygen atoms in total. The van der Waals surface area contributed by atoms with Gasteiger partial charge in [-0.05, 0) is 12.8 Å². The molecule has 3 atom stereocenters. The van der Waals surface area contributed by atoms with Crippen molar-refractivity contribution in [3.63, 3.8) is 0 Å². The second-order valence-corrected chi connectivity index (χ2v) is 23.4. The van der Waals surface area contributed by atoms with Crippen LogP contribution in [-0.4, -0.2) is 46.1 Å². The summed E-state index contributed by atoms with van der Waals surface area (Å²) in [5.74, 6) is -0.133. The number of rotatable bonds is 63. The number of amides is 1. The monoisotopic (exact) mass is 1000 g/mol. The molecule has 0 fully saturated rings. The Kier molecular flexibility index (Phi) is 61.3. The van der Waals surface area contributed by atoms with Crippen LogP contribution in [0.2, 0.25) is 0 Å². The smallest absolute Gasteiger partial charge is 0.220 e. The van der Waals surface area contributed by atoms with Crippen LogP contribution >= 0.6 is 0 Å². The number of carbonyl (C=O) groups is 1. The summed E-state index contributed by atoms with van der Waals surface area (Å²) >= 11 is 0. The van der Waals surface area contributed by atoms with Gasteiger partial charge in [-0.15, -0.1) is 0 Å². The molecule has 0 bridgehead atoms. The number of hydrogen-bond acceptors (Lipinski definition) is 4. The molecular weight excluding hydrogens is 871 g/mol. The van der Waals surface area contributed by atoms with E-state index in [1.807, 2.05) is 0 Å². The van der Waals surface area contributed by atoms with Crippen molar-refractivity contribution in [3.05, 3.63) is 0 Å². The molecule has 0 aliphatic rings. The van der Waals surface area contributed by atoms with Crippen molar-refractivity contribution in [1.82, 2.24) is 5.32 Å². The van der Waals surface area contributed by atoms with Crippen LogP contribution in [0.15, 0.2) is 0 Å². The molecule has 426 valence electrons. The minimum atomic E-state index is -1.13. The van der Waals surface area contributed by atoms with E-state index in [0.29, 0.717) is 12.8 Å². The van der Waals surface area contributed by atoms with E-state index in [1.54, 1.807) is 0 Å². The Bertz CT molecular complexity index is 975. The number of aliphatic hydroxyl groups is 3. The highest BCUT2D eigenvalue weighted by molar-refractivity contribution is 5.76. The lowest BCUT2D eigenvalue weighted by Gasteiger charge is -2.26. The van der Waals surface area contributed by atoms with Gasteiger partial charge in [-0.2, -0.15) is 0 Å². The SMILES string of the molecule is CCCCCCCCCCCCCCCCCCCCCCCCCCCCCCCCCCCC(=O)NC(CO)C(O)C(O)CCCCCCCCCCCCCCCCCCCCCCCCCC. The maximum absolute atomic E-state index is 12.6. The Morgan fingerprint density at radius 2 is 0.479 bits per heavy atom. The number of hydrogen-bond donors (Lipinski definition) is 4. The molecule has 5 heteroatoms. The third-order valence-electron chi connectivity index (χ3n) is 16.2. The summed E-state index contributed by atoms with van der Waals surface area (Å²) in [5.41, 5.74) is 0. The van der Waals surface area contributed by atoms with Gasteiger partial charge >= 0.3 is 0 Å². The van der Waals surface area contributed by atoms with E-state index in [1.165, 1.54) is 334 Å². The van der Waals surface area contributed by atoms with Crippen molar-refractivity contribution >= 4 is 5.91 Å². The van der Waals surface area contributed by atoms with Crippen LogP contribution in [-0.2, 0) is 4.79 Å². The molecule has 71 heavy (non-hydrogen) atoms. The van der Waals surface area contributed by atoms with Gasteiger partial charge < -0.3 is 20.6 Å². The Morgan fingerprint density at radius 3 is 0.676 bits per heavy atom. The normalized spacial score (nSPS) is 13.0. The minimum Gasteiger partial charge on any atom is -0.394 e. The fraction of sp³-hybridized carbons (Fsp3) is 0.985. The van der Waals surface area contributed by atoms with Crippen molar-refractivity contribution in [2.24, 2.45) is 0 Å². The molecular formula is C66H133NO4. The first-order valence-electron chi connectivity index (χ1n) is 33.3. The van der Waals surface area contributed by atoms with Crippen LogP contribution in [0, 0.1) is 0 Å². The van der Waals surface area contributed by atoms with Crippen LogP contribution in [0.4, 0.5) is 0 Å². The lowest BCUT2D eigenvalue weighted by atomic mass is 9.99. The van der Waals surface area contributed by atoms with Gasteiger partial charge in [0.05, 0.1) is 18.8 Å². The van der Waals surface area contributed by atoms with Crippen LogP contribution in [0.5, 0.6) is 0 Å². The zero-order chi connectivity index (χ0) is 51.4. The predicted octanol–water partition coefficient (Wildman–Crippen LogP) is 21.2. The second kappa shape index (κ2) is 61.9. The maximum Gasteiger partial charge on any atom is 0.220 e. The average molecular weight is 1000 g/mol. The Balaban J connectivity index is 3.43. The lowest BCUT2D eigenvalue weighted by Crippen LogP contribution is -2.50. The molecule has 0 aliphatic heterocycles. The van der Waals surface area contributed by atoms with Crippen LogP contribution in [0.3, 0.4) is 0 Å². The van der Waals surface area contributed by atoms with E-state index in [-0.39, 0.29) is 12.5 Å². The molecule has 1 amide bonds. The fourth-order valence-electron chi connectivity index (χ4n) is 11.1. The minimum absolute atomic E-state index is 0.133. The standard InChI is InChI=1S/C66H133NO4/c1-3-5-7-9-11-13-15-17-19-21-23-25-27-29-30-31-32-33-34-35-36-37-39-41-43-45-47-49-51-53-55-57-59-61-65(70)67-63(62-68)66(71)64(69)60-58-56-54-52-50-48-46-44-42-40-38-28-26-24-22-20-18-16-14-12-10-8-6-4-2/h63-64,66,68-69,71H,3-62H2,1-2H3,(H,67,70). The van der Waals surface area contributed by atoms with Crippen molar-refractivity contribution in [2.45, 2.75) is 411 Å². The molecule has 0 aromatic rings. The highest BCUT2D eigenvalue weighted by atomic mass is 16.3. The van der Waals surface area contributed by atoms with Gasteiger partial charge in [-0.3, -0.25) is 4.79 Å². The van der Waals surface area contributed by atoms with Gasteiger partial charge in [0.25, 0.3) is 0 Å². The molecule has 0 aliphatic carbocycles. The summed E-state index contributed by atoms with van der Waals surface area (Å²) in [4.78, 5) is 12.6. The molecule has 3 unspecified atom stereocenters. The molecule has 4 N–H and O–H groups in total. The van der Waals surface area contributed by atoms with Crippen LogP contribution < -0.4 is 5.32 Å². The predicted molar refractivity (Wildman–Crippen MR) is 315 cm³/mol. The zero-order valence-electron chi connectivity index (χ0n) is 48.9. The molecule has 0 aromatic heterocycles. The van der Waals surface area contributed by atoms with Gasteiger partial charge in [0, 0.05) is 6.42 Å². The molecule has 0 heterocycles. The quantitative estimate of drug-likeness (QED) is 0.0457. The van der Waals surface area contributed by atoms with E-state index in [2.05, 4.69) is 19.2 Å². The summed E-state index contributed by atoms with van der Waals surface area (Å²) in [7, 11) is 0. The van der Waals surface area contributed by atoms with E-state index in [0.717, 1.165) is 32.1 Å². The molecule has 0 aromatic carbocycles. The number of nitrogens with one attached hydrogen (secondary N) is 1. The maximum atomic E-state index is 12.6. The molecule has 0 spiro atoms. The van der Waals surface area contributed by atoms with Crippen molar-refractivity contribution in [3.8, 4) is 0 Å². The number of unbranched alkanes of at least 4 members (excludes halogenated alkanes) is 55. The fourth-order valence-corrected chi connectivity index (χ4v) is 11.1. The summed E-state index contributed by atoms with van der Waals surface area (Å²) in [6, 6.07) is -0.805. The lowest BCUT2D eigenvalue weighted by molar-refractivity contribution is -0.124. The molecule has 0 saturated heterocycles. The summed E-state index contributed by atoms with van der Waals surface area (Å²) < 4.78 is 0. The van der Waals surface area contributed by atoms with Gasteiger partial charge in [-0.1, -0.05) is 373 Å². The third kappa shape index (κ3) is 56.9. The van der Waals surface area contributed by atoms with E-state index in [9.17, 15) is 20.1 Å². The number of aliphatic hydroxyl groups excluding tert-OH is 3. The van der Waals surface area contributed by atoms with Gasteiger partial charge in [-0.25, -0.2) is 0 Å². The van der Waals surface area contributed by atoms with E-state index in [4.69, 9.17) is 0 Å². The molecule has 0 radical (unpaired) electrons. The summed E-state index contributed by atoms with van der Waals surface area (Å²) in [5, 5.41) is 33.9. The Morgan fingerprint density at radius 1 is 0.296 bits per heavy atom. The van der Waals surface area contributed by atoms with Gasteiger partial charge in [0.15, 0.2) is 0 Å². The number of carbonyl (C=O) groups excluding carboxylic acids is 1. The first kappa shape index (κ1) is 70.3. The second-order valence-electron chi connectivity index (χ2n) is 23.4. The summed E-state index contributed by atoms with van der Waals surface area (Å²) in [6.07, 6.45) is 77.4. The third-order valence-corrected chi connectivity index (χ3v) is 16.2. The Labute approximate surface area is 447 Å². The van der Waals surface area contributed by atoms with Gasteiger partial charge in [0.2, 0.25) is 5.91 Å². The first-order chi connectivity index (χ1) is 35.1. The molecule has 0 rings (SSSR count). The molecule has 0 saturated carbocycles. The average Bonchev–Trinajstić information content (AvgIpc) is 3.37.